The first kappa shape index (κ1) is 16.3. The molecule has 19 heavy (non-hydrogen) atoms. The molecule has 2 nitrogen and oxygen atoms in total. The largest absolute Gasteiger partial charge is 0.501 e. The highest BCUT2D eigenvalue weighted by atomic mass is 16.5. The van der Waals surface area contributed by atoms with Crippen LogP contribution < -0.4 is 0 Å². The molecule has 0 spiro atoms. The van der Waals surface area contributed by atoms with E-state index in [9.17, 15) is 4.79 Å². The Balaban J connectivity index is 2.86. The molecule has 0 heterocycles. The summed E-state index contributed by atoms with van der Waals surface area (Å²) in [6.45, 7) is 6.35. The number of allylic oxidation sites excluding steroid dienone is 2. The monoisotopic (exact) mass is 266 g/mol. The van der Waals surface area contributed by atoms with Gasteiger partial charge < -0.3 is 4.74 Å². The summed E-state index contributed by atoms with van der Waals surface area (Å²) >= 11 is 0. The molecule has 0 unspecified atom stereocenters. The van der Waals surface area contributed by atoms with Crippen LogP contribution in [-0.4, -0.2) is 12.9 Å². The Morgan fingerprint density at radius 3 is 2.05 bits per heavy atom. The Hall–Kier alpha value is -0.790. The maximum Gasteiger partial charge on any atom is 0.165 e. The predicted octanol–water partition coefficient (Wildman–Crippen LogP) is 4.88. The van der Waals surface area contributed by atoms with Crippen molar-refractivity contribution in [2.45, 2.75) is 72.1 Å². The zero-order valence-electron chi connectivity index (χ0n) is 13.1. The molecule has 1 aliphatic rings. The van der Waals surface area contributed by atoms with Crippen LogP contribution >= 0.6 is 0 Å². The first-order valence-electron chi connectivity index (χ1n) is 7.93. The number of hydrogen-bond acceptors (Lipinski definition) is 2. The van der Waals surface area contributed by atoms with Gasteiger partial charge in [0.15, 0.2) is 5.78 Å². The molecule has 1 aliphatic carbocycles. The minimum absolute atomic E-state index is 0.182. The summed E-state index contributed by atoms with van der Waals surface area (Å²) in [5.41, 5.74) is -0.182. The standard InChI is InChI=1S/C17H30O2/c1-5-17(6-2,7-3)16(18)13-15(19-4)14-11-9-8-10-12-14/h13-14H,5-12H2,1-4H3/b15-13-. The molecule has 1 fully saturated rings. The van der Waals surface area contributed by atoms with Crippen LogP contribution in [0, 0.1) is 11.3 Å². The van der Waals surface area contributed by atoms with E-state index in [1.54, 1.807) is 7.11 Å². The second-order valence-electron chi connectivity index (χ2n) is 5.79. The van der Waals surface area contributed by atoms with Gasteiger partial charge in [0.1, 0.15) is 5.76 Å². The van der Waals surface area contributed by atoms with E-state index < -0.39 is 0 Å². The van der Waals surface area contributed by atoms with Crippen LogP contribution in [-0.2, 0) is 9.53 Å². The van der Waals surface area contributed by atoms with Crippen molar-refractivity contribution >= 4 is 5.78 Å². The van der Waals surface area contributed by atoms with Crippen LogP contribution in [0.25, 0.3) is 0 Å². The van der Waals surface area contributed by atoms with Gasteiger partial charge in [-0.05, 0) is 32.1 Å². The third kappa shape index (κ3) is 3.84. The van der Waals surface area contributed by atoms with Gasteiger partial charge in [0.05, 0.1) is 7.11 Å². The van der Waals surface area contributed by atoms with Gasteiger partial charge >= 0.3 is 0 Å². The molecule has 0 radical (unpaired) electrons. The second-order valence-corrected chi connectivity index (χ2v) is 5.79. The van der Waals surface area contributed by atoms with E-state index in [0.29, 0.717) is 5.92 Å². The van der Waals surface area contributed by atoms with Crippen molar-refractivity contribution in [3.05, 3.63) is 11.8 Å². The molecule has 0 saturated heterocycles. The molecule has 0 atom stereocenters. The fourth-order valence-electron chi connectivity index (χ4n) is 3.29. The van der Waals surface area contributed by atoms with Gasteiger partial charge in [-0.2, -0.15) is 0 Å². The van der Waals surface area contributed by atoms with E-state index in [4.69, 9.17) is 4.74 Å². The van der Waals surface area contributed by atoms with Crippen LogP contribution in [0.5, 0.6) is 0 Å². The van der Waals surface area contributed by atoms with E-state index in [-0.39, 0.29) is 11.2 Å². The highest BCUT2D eigenvalue weighted by Gasteiger charge is 2.32. The number of carbonyl (C=O) groups is 1. The number of carbonyl (C=O) groups excluding carboxylic acids is 1. The fourth-order valence-corrected chi connectivity index (χ4v) is 3.29. The van der Waals surface area contributed by atoms with E-state index >= 15 is 0 Å². The number of hydrogen-bond donors (Lipinski definition) is 0. The zero-order valence-corrected chi connectivity index (χ0v) is 13.1. The summed E-state index contributed by atoms with van der Waals surface area (Å²) in [6.07, 6.45) is 10.7. The number of ketones is 1. The van der Waals surface area contributed by atoms with Crippen molar-refractivity contribution < 1.29 is 9.53 Å². The Labute approximate surface area is 118 Å². The van der Waals surface area contributed by atoms with Gasteiger partial charge in [0.2, 0.25) is 0 Å². The van der Waals surface area contributed by atoms with Gasteiger partial charge in [0, 0.05) is 17.4 Å². The van der Waals surface area contributed by atoms with Crippen molar-refractivity contribution in [2.24, 2.45) is 11.3 Å². The third-order valence-corrected chi connectivity index (χ3v) is 5.07. The molecule has 0 bridgehead atoms. The molecule has 1 saturated carbocycles. The highest BCUT2D eigenvalue weighted by Crippen LogP contribution is 2.35. The van der Waals surface area contributed by atoms with Crippen molar-refractivity contribution in [3.63, 3.8) is 0 Å². The Morgan fingerprint density at radius 1 is 1.11 bits per heavy atom. The molecule has 0 aliphatic heterocycles. The first-order valence-corrected chi connectivity index (χ1v) is 7.93. The van der Waals surface area contributed by atoms with Gasteiger partial charge in [-0.1, -0.05) is 40.0 Å². The van der Waals surface area contributed by atoms with Crippen LogP contribution in [0.1, 0.15) is 72.1 Å². The lowest BCUT2D eigenvalue weighted by atomic mass is 9.75. The van der Waals surface area contributed by atoms with Crippen molar-refractivity contribution in [2.75, 3.05) is 7.11 Å². The average molecular weight is 266 g/mol. The summed E-state index contributed by atoms with van der Waals surface area (Å²) in [7, 11) is 1.71. The minimum Gasteiger partial charge on any atom is -0.501 e. The number of ether oxygens (including phenoxy) is 1. The van der Waals surface area contributed by atoms with Crippen molar-refractivity contribution in [1.29, 1.82) is 0 Å². The maximum absolute atomic E-state index is 12.6. The molecular formula is C17H30O2. The molecule has 0 amide bonds. The molecule has 1 rings (SSSR count). The third-order valence-electron chi connectivity index (χ3n) is 5.07. The van der Waals surface area contributed by atoms with Crippen LogP contribution in [0.2, 0.25) is 0 Å². The predicted molar refractivity (Wildman–Crippen MR) is 80.0 cm³/mol. The van der Waals surface area contributed by atoms with Gasteiger partial charge in [-0.3, -0.25) is 4.79 Å². The SMILES string of the molecule is CCC(CC)(CC)C(=O)/C=C(\OC)C1CCCCC1. The van der Waals surface area contributed by atoms with E-state index in [0.717, 1.165) is 25.0 Å². The van der Waals surface area contributed by atoms with E-state index in [1.165, 1.54) is 32.1 Å². The highest BCUT2D eigenvalue weighted by molar-refractivity contribution is 5.95. The van der Waals surface area contributed by atoms with Gasteiger partial charge in [-0.25, -0.2) is 0 Å². The Morgan fingerprint density at radius 2 is 1.63 bits per heavy atom. The van der Waals surface area contributed by atoms with E-state index in [1.807, 2.05) is 6.08 Å². The minimum atomic E-state index is -0.182. The van der Waals surface area contributed by atoms with Crippen LogP contribution in [0.4, 0.5) is 0 Å². The quantitative estimate of drug-likeness (QED) is 0.485. The zero-order chi connectivity index (χ0) is 14.3. The molecular weight excluding hydrogens is 236 g/mol. The topological polar surface area (TPSA) is 26.3 Å². The van der Waals surface area contributed by atoms with Gasteiger partial charge in [-0.15, -0.1) is 0 Å². The summed E-state index contributed by atoms with van der Waals surface area (Å²) < 4.78 is 5.53. The van der Waals surface area contributed by atoms with Crippen LogP contribution in [0.3, 0.4) is 0 Å². The second kappa shape index (κ2) is 7.72. The smallest absolute Gasteiger partial charge is 0.165 e. The number of rotatable bonds is 7. The molecule has 0 aromatic carbocycles. The Kier molecular flexibility index (Phi) is 6.60. The Bertz CT molecular complexity index is 299. The lowest BCUT2D eigenvalue weighted by Gasteiger charge is -2.29. The van der Waals surface area contributed by atoms with Crippen LogP contribution in [0.15, 0.2) is 11.8 Å². The average Bonchev–Trinajstić information content (AvgIpc) is 2.48. The van der Waals surface area contributed by atoms with Gasteiger partial charge in [0.25, 0.3) is 0 Å². The van der Waals surface area contributed by atoms with Crippen molar-refractivity contribution in [3.8, 4) is 0 Å². The molecule has 2 heteroatoms. The lowest BCUT2D eigenvalue weighted by Crippen LogP contribution is -2.28. The van der Waals surface area contributed by atoms with Crippen molar-refractivity contribution in [1.82, 2.24) is 0 Å². The summed E-state index contributed by atoms with van der Waals surface area (Å²) in [5.74, 6) is 1.65. The maximum atomic E-state index is 12.6. The fraction of sp³-hybridized carbons (Fsp3) is 0.824. The first-order chi connectivity index (χ1) is 9.13. The van der Waals surface area contributed by atoms with E-state index in [2.05, 4.69) is 20.8 Å². The lowest BCUT2D eigenvalue weighted by molar-refractivity contribution is -0.124. The summed E-state index contributed by atoms with van der Waals surface area (Å²) in [4.78, 5) is 12.6. The molecule has 110 valence electrons. The normalized spacial score (nSPS) is 18.4. The number of methoxy groups -OCH3 is 1. The molecule has 0 aromatic rings. The molecule has 0 N–H and O–H groups in total. The molecule has 0 aromatic heterocycles. The summed E-state index contributed by atoms with van der Waals surface area (Å²) in [5, 5.41) is 0. The summed E-state index contributed by atoms with van der Waals surface area (Å²) in [6, 6.07) is 0.